The van der Waals surface area contributed by atoms with Gasteiger partial charge in [0.1, 0.15) is 11.9 Å². The molecule has 0 amide bonds. The molecular weight excluding hydrogens is 268 g/mol. The molecule has 1 aromatic rings. The summed E-state index contributed by atoms with van der Waals surface area (Å²) in [4.78, 5) is 2.24. The molecule has 2 rings (SSSR count). The molecule has 0 atom stereocenters. The molecule has 1 aromatic carbocycles. The quantitative estimate of drug-likeness (QED) is 0.914. The van der Waals surface area contributed by atoms with Crippen LogP contribution in [0, 0.1) is 0 Å². The molecule has 0 spiro atoms. The van der Waals surface area contributed by atoms with Crippen LogP contribution in [0.25, 0.3) is 0 Å². The standard InChI is InChI=1S/C12H17BrN2O/c1-15-7-10(8-15)16-12-3-2-9(4-5-14)6-11(12)13/h2-3,6,10H,4-5,7-8,14H2,1H3. The van der Waals surface area contributed by atoms with E-state index in [-0.39, 0.29) is 0 Å². The number of benzene rings is 1. The first-order chi connectivity index (χ1) is 7.69. The van der Waals surface area contributed by atoms with Crippen molar-refractivity contribution >= 4 is 15.9 Å². The van der Waals surface area contributed by atoms with Crippen LogP contribution in [-0.2, 0) is 6.42 Å². The number of ether oxygens (including phenoxy) is 1. The van der Waals surface area contributed by atoms with Gasteiger partial charge in [0.25, 0.3) is 0 Å². The fraction of sp³-hybridized carbons (Fsp3) is 0.500. The van der Waals surface area contributed by atoms with Gasteiger partial charge in [-0.3, -0.25) is 4.90 Å². The number of halogens is 1. The zero-order valence-corrected chi connectivity index (χ0v) is 11.0. The Labute approximate surface area is 105 Å². The van der Waals surface area contributed by atoms with Crippen LogP contribution in [0.15, 0.2) is 22.7 Å². The monoisotopic (exact) mass is 284 g/mol. The van der Waals surface area contributed by atoms with E-state index in [9.17, 15) is 0 Å². The topological polar surface area (TPSA) is 38.5 Å². The summed E-state index contributed by atoms with van der Waals surface area (Å²) < 4.78 is 6.89. The molecule has 0 radical (unpaired) electrons. The maximum atomic E-state index is 5.86. The SMILES string of the molecule is CN1CC(Oc2ccc(CCN)cc2Br)C1. The van der Waals surface area contributed by atoms with Gasteiger partial charge in [0.15, 0.2) is 0 Å². The fourth-order valence-corrected chi connectivity index (χ4v) is 2.38. The average molecular weight is 285 g/mol. The van der Waals surface area contributed by atoms with Gasteiger partial charge in [-0.25, -0.2) is 0 Å². The second-order valence-corrected chi connectivity index (χ2v) is 5.12. The normalized spacial score (nSPS) is 17.2. The summed E-state index contributed by atoms with van der Waals surface area (Å²) in [6, 6.07) is 6.19. The molecule has 1 heterocycles. The lowest BCUT2D eigenvalue weighted by atomic mass is 10.1. The van der Waals surface area contributed by atoms with Crippen molar-refractivity contribution in [2.45, 2.75) is 12.5 Å². The van der Waals surface area contributed by atoms with Crippen molar-refractivity contribution in [2.75, 3.05) is 26.7 Å². The number of hydrogen-bond donors (Lipinski definition) is 1. The summed E-state index contributed by atoms with van der Waals surface area (Å²) in [6.45, 7) is 2.70. The van der Waals surface area contributed by atoms with Crippen molar-refractivity contribution in [3.8, 4) is 5.75 Å². The van der Waals surface area contributed by atoms with E-state index in [0.717, 1.165) is 29.7 Å². The van der Waals surface area contributed by atoms with Crippen LogP contribution in [0.5, 0.6) is 5.75 Å². The third-order valence-corrected chi connectivity index (χ3v) is 3.37. The molecule has 88 valence electrons. The summed E-state index contributed by atoms with van der Waals surface area (Å²) >= 11 is 3.53. The number of likely N-dealkylation sites (N-methyl/N-ethyl adjacent to an activating group) is 1. The Bertz CT molecular complexity index is 364. The van der Waals surface area contributed by atoms with E-state index in [2.05, 4.69) is 40.0 Å². The summed E-state index contributed by atoms with van der Waals surface area (Å²) in [5.41, 5.74) is 6.77. The van der Waals surface area contributed by atoms with Gasteiger partial charge in [-0.15, -0.1) is 0 Å². The first kappa shape index (κ1) is 11.9. The number of nitrogens with two attached hydrogens (primary N) is 1. The highest BCUT2D eigenvalue weighted by Gasteiger charge is 2.25. The minimum absolute atomic E-state index is 0.335. The maximum absolute atomic E-state index is 5.86. The van der Waals surface area contributed by atoms with Crippen molar-refractivity contribution < 1.29 is 4.74 Å². The summed E-state index contributed by atoms with van der Waals surface area (Å²) in [6.07, 6.45) is 1.24. The highest BCUT2D eigenvalue weighted by molar-refractivity contribution is 9.10. The highest BCUT2D eigenvalue weighted by atomic mass is 79.9. The van der Waals surface area contributed by atoms with Crippen molar-refractivity contribution in [1.82, 2.24) is 4.90 Å². The van der Waals surface area contributed by atoms with Gasteiger partial charge in [0.05, 0.1) is 4.47 Å². The van der Waals surface area contributed by atoms with E-state index < -0.39 is 0 Å². The number of nitrogens with zero attached hydrogens (tertiary/aromatic N) is 1. The number of rotatable bonds is 4. The lowest BCUT2D eigenvalue weighted by molar-refractivity contribution is 0.0383. The second kappa shape index (κ2) is 5.17. The minimum atomic E-state index is 0.335. The van der Waals surface area contributed by atoms with E-state index in [0.29, 0.717) is 12.6 Å². The van der Waals surface area contributed by atoms with Crippen LogP contribution in [0.2, 0.25) is 0 Å². The van der Waals surface area contributed by atoms with Crippen LogP contribution < -0.4 is 10.5 Å². The Balaban J connectivity index is 1.99. The van der Waals surface area contributed by atoms with Gasteiger partial charge >= 0.3 is 0 Å². The van der Waals surface area contributed by atoms with Crippen LogP contribution in [0.4, 0.5) is 0 Å². The van der Waals surface area contributed by atoms with E-state index >= 15 is 0 Å². The summed E-state index contributed by atoms with van der Waals surface area (Å²) in [5.74, 6) is 0.930. The van der Waals surface area contributed by atoms with Crippen LogP contribution in [0.1, 0.15) is 5.56 Å². The Morgan fingerprint density at radius 3 is 2.81 bits per heavy atom. The molecule has 2 N–H and O–H groups in total. The predicted octanol–water partition coefficient (Wildman–Crippen LogP) is 1.64. The first-order valence-corrected chi connectivity index (χ1v) is 6.32. The molecule has 1 fully saturated rings. The Kier molecular flexibility index (Phi) is 3.84. The molecule has 1 aliphatic rings. The predicted molar refractivity (Wildman–Crippen MR) is 68.8 cm³/mol. The number of likely N-dealkylation sites (tertiary alicyclic amines) is 1. The van der Waals surface area contributed by atoms with Gasteiger partial charge in [-0.1, -0.05) is 6.07 Å². The molecular formula is C12H17BrN2O. The highest BCUT2D eigenvalue weighted by Crippen LogP contribution is 2.28. The third kappa shape index (κ3) is 2.75. The molecule has 0 unspecified atom stereocenters. The largest absolute Gasteiger partial charge is 0.487 e. The Hall–Kier alpha value is -0.580. The maximum Gasteiger partial charge on any atom is 0.134 e. The van der Waals surface area contributed by atoms with E-state index in [1.165, 1.54) is 5.56 Å². The van der Waals surface area contributed by atoms with Gasteiger partial charge in [-0.05, 0) is 53.6 Å². The Morgan fingerprint density at radius 2 is 2.25 bits per heavy atom. The van der Waals surface area contributed by atoms with E-state index in [1.807, 2.05) is 6.07 Å². The molecule has 16 heavy (non-hydrogen) atoms. The molecule has 1 aliphatic heterocycles. The van der Waals surface area contributed by atoms with Gasteiger partial charge < -0.3 is 10.5 Å². The lowest BCUT2D eigenvalue weighted by Crippen LogP contribution is -2.51. The molecule has 0 saturated carbocycles. The van der Waals surface area contributed by atoms with Crippen molar-refractivity contribution in [2.24, 2.45) is 5.73 Å². The van der Waals surface area contributed by atoms with Gasteiger partial charge in [0, 0.05) is 13.1 Å². The molecule has 0 aliphatic carbocycles. The molecule has 0 aromatic heterocycles. The van der Waals surface area contributed by atoms with Crippen LogP contribution >= 0.6 is 15.9 Å². The Morgan fingerprint density at radius 1 is 1.50 bits per heavy atom. The third-order valence-electron chi connectivity index (χ3n) is 2.75. The number of hydrogen-bond acceptors (Lipinski definition) is 3. The van der Waals surface area contributed by atoms with Crippen LogP contribution in [0.3, 0.4) is 0 Å². The zero-order valence-electron chi connectivity index (χ0n) is 9.45. The second-order valence-electron chi connectivity index (χ2n) is 4.26. The zero-order chi connectivity index (χ0) is 11.5. The average Bonchev–Trinajstić information content (AvgIpc) is 2.20. The summed E-state index contributed by atoms with van der Waals surface area (Å²) in [5, 5.41) is 0. The van der Waals surface area contributed by atoms with Crippen molar-refractivity contribution in [3.63, 3.8) is 0 Å². The minimum Gasteiger partial charge on any atom is -0.487 e. The fourth-order valence-electron chi connectivity index (χ4n) is 1.86. The van der Waals surface area contributed by atoms with E-state index in [1.54, 1.807) is 0 Å². The van der Waals surface area contributed by atoms with Gasteiger partial charge in [-0.2, -0.15) is 0 Å². The van der Waals surface area contributed by atoms with Crippen molar-refractivity contribution in [3.05, 3.63) is 28.2 Å². The van der Waals surface area contributed by atoms with E-state index in [4.69, 9.17) is 10.5 Å². The molecule has 4 heteroatoms. The van der Waals surface area contributed by atoms with Gasteiger partial charge in [0.2, 0.25) is 0 Å². The lowest BCUT2D eigenvalue weighted by Gasteiger charge is -2.36. The smallest absolute Gasteiger partial charge is 0.134 e. The first-order valence-electron chi connectivity index (χ1n) is 5.52. The molecule has 1 saturated heterocycles. The molecule has 3 nitrogen and oxygen atoms in total. The summed E-state index contributed by atoms with van der Waals surface area (Å²) in [7, 11) is 2.10. The molecule has 0 bridgehead atoms. The van der Waals surface area contributed by atoms with Crippen LogP contribution in [-0.4, -0.2) is 37.7 Å². The van der Waals surface area contributed by atoms with Crippen molar-refractivity contribution in [1.29, 1.82) is 0 Å².